The molecular formula is C18H20N2O2S. The highest BCUT2D eigenvalue weighted by Crippen LogP contribution is 2.37. The van der Waals surface area contributed by atoms with Crippen LogP contribution in [0.1, 0.15) is 30.8 Å². The Morgan fingerprint density at radius 1 is 1.26 bits per heavy atom. The molecule has 0 aliphatic heterocycles. The maximum Gasteiger partial charge on any atom is 0.263 e. The number of aromatic nitrogens is 2. The first-order chi connectivity index (χ1) is 11.1. The third-order valence-corrected chi connectivity index (χ3v) is 5.13. The van der Waals surface area contributed by atoms with Gasteiger partial charge in [-0.2, -0.15) is 0 Å². The Hall–Kier alpha value is -2.14. The Labute approximate surface area is 139 Å². The van der Waals surface area contributed by atoms with Crippen LogP contribution in [-0.2, 0) is 13.0 Å². The molecule has 120 valence electrons. The van der Waals surface area contributed by atoms with Crippen LogP contribution in [0.3, 0.4) is 0 Å². The number of fused-ring (bicyclic) bond motifs is 1. The highest BCUT2D eigenvalue weighted by Gasteiger charge is 2.21. The summed E-state index contributed by atoms with van der Waals surface area (Å²) in [5.41, 5.74) is 2.55. The van der Waals surface area contributed by atoms with Crippen molar-refractivity contribution in [3.05, 3.63) is 45.2 Å². The molecule has 0 atom stereocenters. The van der Waals surface area contributed by atoms with Crippen LogP contribution in [0.4, 0.5) is 0 Å². The number of thiazole rings is 1. The molecule has 0 unspecified atom stereocenters. The van der Waals surface area contributed by atoms with Gasteiger partial charge < -0.3 is 5.11 Å². The highest BCUT2D eigenvalue weighted by atomic mass is 32.1. The van der Waals surface area contributed by atoms with Crippen molar-refractivity contribution >= 4 is 21.7 Å². The van der Waals surface area contributed by atoms with Crippen molar-refractivity contribution in [2.24, 2.45) is 0 Å². The summed E-state index contributed by atoms with van der Waals surface area (Å²) in [6.45, 7) is 6.50. The fourth-order valence-electron chi connectivity index (χ4n) is 2.85. The number of aryl methyl sites for hydroxylation is 3. The largest absolute Gasteiger partial charge is 0.505 e. The van der Waals surface area contributed by atoms with Gasteiger partial charge in [0.15, 0.2) is 5.65 Å². The minimum absolute atomic E-state index is 0.0591. The Morgan fingerprint density at radius 2 is 2.00 bits per heavy atom. The number of aromatic hydroxyl groups is 1. The predicted octanol–water partition coefficient (Wildman–Crippen LogP) is 4.11. The lowest BCUT2D eigenvalue weighted by Gasteiger charge is -2.11. The first-order valence-corrected chi connectivity index (χ1v) is 8.71. The van der Waals surface area contributed by atoms with Gasteiger partial charge in [0.25, 0.3) is 5.56 Å². The van der Waals surface area contributed by atoms with E-state index < -0.39 is 0 Å². The number of nitrogens with zero attached hydrogens (tertiary/aromatic N) is 2. The molecule has 2 aromatic heterocycles. The van der Waals surface area contributed by atoms with Gasteiger partial charge in [-0.05, 0) is 37.8 Å². The standard InChI is InChI=1S/C18H20N2O2S/c1-4-8-13-19-17-16(23-13)15(21)14(18(22)20(17)5-2)12-10-7-6-9-11(12)3/h6-7,9-10,21H,4-5,8H2,1-3H3. The number of benzene rings is 1. The first-order valence-electron chi connectivity index (χ1n) is 7.89. The van der Waals surface area contributed by atoms with Crippen LogP contribution < -0.4 is 5.56 Å². The van der Waals surface area contributed by atoms with E-state index in [9.17, 15) is 9.90 Å². The molecule has 0 saturated heterocycles. The third-order valence-electron chi connectivity index (χ3n) is 4.01. The molecule has 4 nitrogen and oxygen atoms in total. The SMILES string of the molecule is CCCc1nc2c(s1)c(O)c(-c1ccccc1C)c(=O)n2CC. The van der Waals surface area contributed by atoms with Gasteiger partial charge in [0.05, 0.1) is 10.6 Å². The van der Waals surface area contributed by atoms with Crippen LogP contribution in [0, 0.1) is 6.92 Å². The monoisotopic (exact) mass is 328 g/mol. The van der Waals surface area contributed by atoms with Crippen LogP contribution >= 0.6 is 11.3 Å². The van der Waals surface area contributed by atoms with Crippen LogP contribution in [0.15, 0.2) is 29.1 Å². The summed E-state index contributed by atoms with van der Waals surface area (Å²) in [5.74, 6) is 0.0591. The van der Waals surface area contributed by atoms with Gasteiger partial charge in [0.2, 0.25) is 0 Å². The van der Waals surface area contributed by atoms with E-state index in [-0.39, 0.29) is 11.3 Å². The molecule has 1 aromatic carbocycles. The molecule has 0 fully saturated rings. The van der Waals surface area contributed by atoms with Gasteiger partial charge in [0, 0.05) is 6.54 Å². The Bertz CT molecular complexity index is 925. The first kappa shape index (κ1) is 15.7. The van der Waals surface area contributed by atoms with Crippen LogP contribution in [0.5, 0.6) is 5.75 Å². The van der Waals surface area contributed by atoms with Crippen LogP contribution in [-0.4, -0.2) is 14.7 Å². The zero-order chi connectivity index (χ0) is 16.6. The van der Waals surface area contributed by atoms with Gasteiger partial charge in [-0.3, -0.25) is 9.36 Å². The summed E-state index contributed by atoms with van der Waals surface area (Å²) in [7, 11) is 0. The molecular weight excluding hydrogens is 308 g/mol. The molecule has 0 saturated carbocycles. The van der Waals surface area contributed by atoms with Gasteiger partial charge in [0.1, 0.15) is 10.4 Å². The average molecular weight is 328 g/mol. The van der Waals surface area contributed by atoms with E-state index in [0.29, 0.717) is 22.5 Å². The van der Waals surface area contributed by atoms with E-state index in [4.69, 9.17) is 0 Å². The van der Waals surface area contributed by atoms with Crippen molar-refractivity contribution in [2.45, 2.75) is 40.2 Å². The second-order valence-corrected chi connectivity index (χ2v) is 6.68. The smallest absolute Gasteiger partial charge is 0.263 e. The molecule has 3 rings (SSSR count). The van der Waals surface area contributed by atoms with Crippen LogP contribution in [0.25, 0.3) is 21.5 Å². The minimum Gasteiger partial charge on any atom is -0.505 e. The van der Waals surface area contributed by atoms with E-state index in [2.05, 4.69) is 11.9 Å². The number of hydrogen-bond donors (Lipinski definition) is 1. The molecule has 1 N–H and O–H groups in total. The normalized spacial score (nSPS) is 11.3. The second kappa shape index (κ2) is 6.16. The van der Waals surface area contributed by atoms with Gasteiger partial charge in [-0.15, -0.1) is 11.3 Å². The summed E-state index contributed by atoms with van der Waals surface area (Å²) in [6, 6.07) is 7.64. The molecule has 0 aliphatic rings. The lowest BCUT2D eigenvalue weighted by Crippen LogP contribution is -2.21. The van der Waals surface area contributed by atoms with Crippen molar-refractivity contribution in [3.8, 4) is 16.9 Å². The Kier molecular flexibility index (Phi) is 4.22. The molecule has 23 heavy (non-hydrogen) atoms. The topological polar surface area (TPSA) is 55.1 Å². The summed E-state index contributed by atoms with van der Waals surface area (Å²) >= 11 is 1.48. The number of rotatable bonds is 4. The number of pyridine rings is 1. The molecule has 0 radical (unpaired) electrons. The number of hydrogen-bond acceptors (Lipinski definition) is 4. The average Bonchev–Trinajstić information content (AvgIpc) is 2.94. The summed E-state index contributed by atoms with van der Waals surface area (Å²) in [6.07, 6.45) is 1.85. The fraction of sp³-hybridized carbons (Fsp3) is 0.333. The Balaban J connectivity index is 2.39. The van der Waals surface area contributed by atoms with E-state index in [1.165, 1.54) is 11.3 Å². The van der Waals surface area contributed by atoms with E-state index in [1.807, 2.05) is 38.1 Å². The van der Waals surface area contributed by atoms with Gasteiger partial charge in [-0.1, -0.05) is 31.2 Å². The van der Waals surface area contributed by atoms with E-state index >= 15 is 0 Å². The molecule has 0 amide bonds. The maximum absolute atomic E-state index is 12.9. The van der Waals surface area contributed by atoms with Crippen molar-refractivity contribution in [1.82, 2.24) is 9.55 Å². The lowest BCUT2D eigenvalue weighted by atomic mass is 10.0. The van der Waals surface area contributed by atoms with Crippen molar-refractivity contribution in [2.75, 3.05) is 0 Å². The van der Waals surface area contributed by atoms with Crippen molar-refractivity contribution in [1.29, 1.82) is 0 Å². The van der Waals surface area contributed by atoms with E-state index in [0.717, 1.165) is 29.0 Å². The molecule has 0 aliphatic carbocycles. The quantitative estimate of drug-likeness (QED) is 0.784. The fourth-order valence-corrected chi connectivity index (χ4v) is 3.97. The molecule has 0 bridgehead atoms. The third kappa shape index (κ3) is 2.55. The Morgan fingerprint density at radius 3 is 2.65 bits per heavy atom. The predicted molar refractivity (Wildman–Crippen MR) is 95.4 cm³/mol. The molecule has 0 spiro atoms. The molecule has 3 aromatic rings. The molecule has 2 heterocycles. The van der Waals surface area contributed by atoms with Crippen molar-refractivity contribution < 1.29 is 5.11 Å². The maximum atomic E-state index is 12.9. The van der Waals surface area contributed by atoms with Gasteiger partial charge >= 0.3 is 0 Å². The zero-order valence-electron chi connectivity index (χ0n) is 13.6. The minimum atomic E-state index is -0.180. The van der Waals surface area contributed by atoms with Gasteiger partial charge in [-0.25, -0.2) is 4.98 Å². The van der Waals surface area contributed by atoms with E-state index in [1.54, 1.807) is 4.57 Å². The lowest BCUT2D eigenvalue weighted by molar-refractivity contribution is 0.482. The summed E-state index contributed by atoms with van der Waals surface area (Å²) in [4.78, 5) is 17.5. The molecule has 5 heteroatoms. The van der Waals surface area contributed by atoms with Crippen molar-refractivity contribution in [3.63, 3.8) is 0 Å². The highest BCUT2D eigenvalue weighted by molar-refractivity contribution is 7.19. The van der Waals surface area contributed by atoms with Crippen LogP contribution in [0.2, 0.25) is 0 Å². The summed E-state index contributed by atoms with van der Waals surface area (Å²) in [5, 5.41) is 11.7. The zero-order valence-corrected chi connectivity index (χ0v) is 14.4. The second-order valence-electron chi connectivity index (χ2n) is 5.60. The summed E-state index contributed by atoms with van der Waals surface area (Å²) < 4.78 is 2.36.